The summed E-state index contributed by atoms with van der Waals surface area (Å²) in [4.78, 5) is 4.95. The maximum absolute atomic E-state index is 5.58. The van der Waals surface area contributed by atoms with Crippen molar-refractivity contribution in [1.82, 2.24) is 9.55 Å². The van der Waals surface area contributed by atoms with E-state index in [0.717, 1.165) is 22.4 Å². The summed E-state index contributed by atoms with van der Waals surface area (Å²) in [5.74, 6) is 2.63. The normalized spacial score (nSPS) is 11.6. The van der Waals surface area contributed by atoms with Crippen LogP contribution in [0.1, 0.15) is 31.9 Å². The lowest BCUT2D eigenvalue weighted by Gasteiger charge is -2.19. The largest absolute Gasteiger partial charge is 0.493 e. The molecule has 4 aromatic rings. The van der Waals surface area contributed by atoms with Gasteiger partial charge in [0.15, 0.2) is 11.5 Å². The third-order valence-corrected chi connectivity index (χ3v) is 5.74. The second-order valence-corrected chi connectivity index (χ2v) is 8.87. The van der Waals surface area contributed by atoms with Crippen molar-refractivity contribution in [2.75, 3.05) is 21.3 Å². The van der Waals surface area contributed by atoms with Crippen molar-refractivity contribution in [3.8, 4) is 28.6 Å². The molecule has 5 heteroatoms. The Morgan fingerprint density at radius 1 is 0.812 bits per heavy atom. The number of hydrogen-bond donors (Lipinski definition) is 0. The first-order chi connectivity index (χ1) is 15.4. The number of nitrogens with zero attached hydrogens (tertiary/aromatic N) is 2. The average molecular weight is 431 g/mol. The molecule has 0 bridgehead atoms. The molecule has 0 aliphatic heterocycles. The zero-order valence-electron chi connectivity index (χ0n) is 19.6. The second-order valence-electron chi connectivity index (χ2n) is 8.87. The summed E-state index contributed by atoms with van der Waals surface area (Å²) in [7, 11) is 4.86. The van der Waals surface area contributed by atoms with Gasteiger partial charge >= 0.3 is 0 Å². The van der Waals surface area contributed by atoms with Crippen molar-refractivity contribution in [3.63, 3.8) is 0 Å². The lowest BCUT2D eigenvalue weighted by Crippen LogP contribution is -2.11. The van der Waals surface area contributed by atoms with Crippen LogP contribution in [0.2, 0.25) is 0 Å². The molecule has 1 heterocycles. The topological polar surface area (TPSA) is 45.5 Å². The molecule has 1 aromatic heterocycles. The maximum Gasteiger partial charge on any atom is 0.203 e. The lowest BCUT2D eigenvalue weighted by molar-refractivity contribution is 0.324. The summed E-state index contributed by atoms with van der Waals surface area (Å²) >= 11 is 0. The predicted molar refractivity (Wildman–Crippen MR) is 129 cm³/mol. The van der Waals surface area contributed by atoms with Gasteiger partial charge in [-0.25, -0.2) is 4.98 Å². The first kappa shape index (κ1) is 21.8. The van der Waals surface area contributed by atoms with Crippen molar-refractivity contribution >= 4 is 11.0 Å². The van der Waals surface area contributed by atoms with E-state index >= 15 is 0 Å². The first-order valence-electron chi connectivity index (χ1n) is 10.7. The van der Waals surface area contributed by atoms with E-state index in [2.05, 4.69) is 55.7 Å². The van der Waals surface area contributed by atoms with E-state index in [1.54, 1.807) is 21.3 Å². The van der Waals surface area contributed by atoms with Crippen molar-refractivity contribution in [1.29, 1.82) is 0 Å². The fraction of sp³-hybridized carbons (Fsp3) is 0.296. The molecule has 3 aromatic carbocycles. The van der Waals surface area contributed by atoms with Crippen LogP contribution in [0.4, 0.5) is 0 Å². The minimum atomic E-state index is 0.127. The van der Waals surface area contributed by atoms with Gasteiger partial charge in [0.2, 0.25) is 5.75 Å². The van der Waals surface area contributed by atoms with Gasteiger partial charge in [0, 0.05) is 12.1 Å². The summed E-state index contributed by atoms with van der Waals surface area (Å²) in [6, 6.07) is 20.9. The lowest BCUT2D eigenvalue weighted by atomic mass is 9.87. The fourth-order valence-corrected chi connectivity index (χ4v) is 3.96. The number of fused-ring (bicyclic) bond motifs is 1. The minimum Gasteiger partial charge on any atom is -0.493 e. The Kier molecular flexibility index (Phi) is 5.83. The number of para-hydroxylation sites is 2. The van der Waals surface area contributed by atoms with Crippen LogP contribution in [0, 0.1) is 0 Å². The van der Waals surface area contributed by atoms with E-state index < -0.39 is 0 Å². The van der Waals surface area contributed by atoms with E-state index in [1.165, 1.54) is 11.1 Å². The Morgan fingerprint density at radius 3 is 2.00 bits per heavy atom. The molecule has 0 spiro atoms. The number of benzene rings is 3. The van der Waals surface area contributed by atoms with E-state index in [1.807, 2.05) is 30.3 Å². The first-order valence-corrected chi connectivity index (χ1v) is 10.7. The molecule has 0 unspecified atom stereocenters. The van der Waals surface area contributed by atoms with Crippen LogP contribution >= 0.6 is 0 Å². The van der Waals surface area contributed by atoms with Crippen LogP contribution in [0.25, 0.3) is 22.4 Å². The molecular formula is C27H30N2O3. The van der Waals surface area contributed by atoms with Crippen molar-refractivity contribution < 1.29 is 14.2 Å². The Balaban J connectivity index is 1.84. The number of rotatable bonds is 6. The van der Waals surface area contributed by atoms with Gasteiger partial charge in [0.25, 0.3) is 0 Å². The molecule has 0 saturated heterocycles. The van der Waals surface area contributed by atoms with Gasteiger partial charge in [-0.2, -0.15) is 0 Å². The van der Waals surface area contributed by atoms with Crippen molar-refractivity contribution in [2.45, 2.75) is 32.7 Å². The summed E-state index contributed by atoms with van der Waals surface area (Å²) in [6.07, 6.45) is 0. The number of methoxy groups -OCH3 is 3. The molecular weight excluding hydrogens is 400 g/mol. The summed E-state index contributed by atoms with van der Waals surface area (Å²) < 4.78 is 18.9. The van der Waals surface area contributed by atoms with Crippen LogP contribution < -0.4 is 14.2 Å². The smallest absolute Gasteiger partial charge is 0.203 e. The van der Waals surface area contributed by atoms with Crippen molar-refractivity contribution in [2.24, 2.45) is 0 Å². The second kappa shape index (κ2) is 8.58. The number of ether oxygens (including phenoxy) is 3. The van der Waals surface area contributed by atoms with E-state index in [4.69, 9.17) is 19.2 Å². The minimum absolute atomic E-state index is 0.127. The highest BCUT2D eigenvalue weighted by molar-refractivity contribution is 5.81. The van der Waals surface area contributed by atoms with Gasteiger partial charge in [0.05, 0.1) is 32.4 Å². The molecule has 0 aliphatic carbocycles. The van der Waals surface area contributed by atoms with Gasteiger partial charge in [-0.3, -0.25) is 0 Å². The monoisotopic (exact) mass is 430 g/mol. The highest BCUT2D eigenvalue weighted by Gasteiger charge is 2.19. The van der Waals surface area contributed by atoms with Gasteiger partial charge in [-0.15, -0.1) is 0 Å². The molecule has 0 saturated carbocycles. The summed E-state index contributed by atoms with van der Waals surface area (Å²) in [5.41, 5.74) is 5.60. The molecule has 166 valence electrons. The number of imidazole rings is 1. The van der Waals surface area contributed by atoms with Crippen LogP contribution in [-0.2, 0) is 12.0 Å². The third-order valence-electron chi connectivity index (χ3n) is 5.74. The molecule has 0 amide bonds. The molecule has 32 heavy (non-hydrogen) atoms. The average Bonchev–Trinajstić information content (AvgIpc) is 3.16. The Hall–Kier alpha value is -3.47. The Labute approximate surface area is 189 Å². The van der Waals surface area contributed by atoms with E-state index in [-0.39, 0.29) is 5.41 Å². The number of aromatic nitrogens is 2. The van der Waals surface area contributed by atoms with Crippen LogP contribution in [-0.4, -0.2) is 30.9 Å². The molecule has 0 radical (unpaired) electrons. The predicted octanol–water partition coefficient (Wildman–Crippen LogP) is 6.07. The fourth-order valence-electron chi connectivity index (χ4n) is 3.96. The quantitative estimate of drug-likeness (QED) is 0.372. The molecule has 5 nitrogen and oxygen atoms in total. The SMILES string of the molecule is COc1cc(-c2nc3ccccc3n2Cc2ccc(C(C)(C)C)cc2)cc(OC)c1OC. The summed E-state index contributed by atoms with van der Waals surface area (Å²) in [6.45, 7) is 7.40. The van der Waals surface area contributed by atoms with Gasteiger partial charge in [-0.05, 0) is 40.8 Å². The zero-order chi connectivity index (χ0) is 22.9. The Bertz CT molecular complexity index is 1210. The van der Waals surface area contributed by atoms with E-state index in [0.29, 0.717) is 23.8 Å². The zero-order valence-corrected chi connectivity index (χ0v) is 19.6. The van der Waals surface area contributed by atoms with Gasteiger partial charge in [-0.1, -0.05) is 57.2 Å². The molecule has 0 N–H and O–H groups in total. The standard InChI is InChI=1S/C27H30N2O3/c1-27(2,3)20-13-11-18(12-14-20)17-29-22-10-8-7-9-21(22)28-26(29)19-15-23(30-4)25(32-6)24(16-19)31-5/h7-16H,17H2,1-6H3. The van der Waals surface area contributed by atoms with Gasteiger partial charge < -0.3 is 18.8 Å². The van der Waals surface area contributed by atoms with E-state index in [9.17, 15) is 0 Å². The molecule has 0 atom stereocenters. The van der Waals surface area contributed by atoms with Crippen LogP contribution in [0.3, 0.4) is 0 Å². The third kappa shape index (κ3) is 4.03. The summed E-state index contributed by atoms with van der Waals surface area (Å²) in [5, 5.41) is 0. The van der Waals surface area contributed by atoms with Crippen LogP contribution in [0.15, 0.2) is 60.7 Å². The Morgan fingerprint density at radius 2 is 1.44 bits per heavy atom. The van der Waals surface area contributed by atoms with Crippen LogP contribution in [0.5, 0.6) is 17.2 Å². The van der Waals surface area contributed by atoms with Gasteiger partial charge in [0.1, 0.15) is 5.82 Å². The highest BCUT2D eigenvalue weighted by atomic mass is 16.5. The van der Waals surface area contributed by atoms with Crippen molar-refractivity contribution in [3.05, 3.63) is 71.8 Å². The number of hydrogen-bond acceptors (Lipinski definition) is 4. The highest BCUT2D eigenvalue weighted by Crippen LogP contribution is 2.41. The molecule has 0 aliphatic rings. The maximum atomic E-state index is 5.58. The molecule has 4 rings (SSSR count). The molecule has 0 fully saturated rings.